The van der Waals surface area contributed by atoms with Crippen LogP contribution in [0.5, 0.6) is 0 Å². The van der Waals surface area contributed by atoms with Crippen LogP contribution in [0.4, 0.5) is 0 Å². The van der Waals surface area contributed by atoms with E-state index in [1.54, 1.807) is 11.9 Å². The number of nitrogens with zero attached hydrogens (tertiary/aromatic N) is 3. The number of benzene rings is 1. The molecule has 6 heteroatoms. The number of aryl methyl sites for hydroxylation is 1. The molecule has 6 nitrogen and oxygen atoms in total. The van der Waals surface area contributed by atoms with Gasteiger partial charge in [0.15, 0.2) is 0 Å². The third-order valence-electron chi connectivity index (χ3n) is 4.60. The molecule has 0 fully saturated rings. The molecule has 0 bridgehead atoms. The van der Waals surface area contributed by atoms with Crippen LogP contribution >= 0.6 is 0 Å². The second-order valence-electron chi connectivity index (χ2n) is 6.64. The third-order valence-corrected chi connectivity index (χ3v) is 4.60. The van der Waals surface area contributed by atoms with Gasteiger partial charge < -0.3 is 19.3 Å². The molecule has 0 radical (unpaired) electrons. The summed E-state index contributed by atoms with van der Waals surface area (Å²) >= 11 is 0. The highest BCUT2D eigenvalue weighted by atomic mass is 16.5. The van der Waals surface area contributed by atoms with Crippen LogP contribution in [0.25, 0.3) is 0 Å². The van der Waals surface area contributed by atoms with E-state index in [0.717, 1.165) is 24.2 Å². The lowest BCUT2D eigenvalue weighted by Gasteiger charge is -2.28. The van der Waals surface area contributed by atoms with E-state index >= 15 is 0 Å². The molecule has 1 aliphatic rings. The van der Waals surface area contributed by atoms with E-state index in [9.17, 15) is 9.90 Å². The summed E-state index contributed by atoms with van der Waals surface area (Å²) < 4.78 is 7.64. The van der Waals surface area contributed by atoms with Crippen molar-refractivity contribution in [1.29, 1.82) is 0 Å². The van der Waals surface area contributed by atoms with Gasteiger partial charge in [0.2, 0.25) is 5.91 Å². The van der Waals surface area contributed by atoms with E-state index in [-0.39, 0.29) is 25.0 Å². The molecular weight excluding hydrogens is 318 g/mol. The molecule has 134 valence electrons. The van der Waals surface area contributed by atoms with Crippen molar-refractivity contribution in [2.75, 3.05) is 20.2 Å². The first-order valence-corrected chi connectivity index (χ1v) is 8.67. The summed E-state index contributed by atoms with van der Waals surface area (Å²) in [5.74, 6) is 0.0428. The molecule has 1 aromatic carbocycles. The lowest BCUT2D eigenvalue weighted by molar-refractivity contribution is -0.136. The highest BCUT2D eigenvalue weighted by Gasteiger charge is 2.27. The van der Waals surface area contributed by atoms with Gasteiger partial charge >= 0.3 is 0 Å². The standard InChI is InChI=1S/C19H25N3O3/c1-21(11-18(23)13-25-12-15-5-3-2-4-6-15)19(24)16-7-8-22-14-20-10-17(22)9-16/h2-6,10,14,16,18,23H,7-9,11-13H2,1H3. The maximum absolute atomic E-state index is 12.6. The Bertz CT molecular complexity index is 686. The molecule has 0 saturated carbocycles. The van der Waals surface area contributed by atoms with Crippen LogP contribution in [0.15, 0.2) is 42.9 Å². The molecule has 2 atom stereocenters. The quantitative estimate of drug-likeness (QED) is 0.827. The molecule has 3 rings (SSSR count). The molecule has 25 heavy (non-hydrogen) atoms. The van der Waals surface area contributed by atoms with Gasteiger partial charge in [-0.25, -0.2) is 4.98 Å². The van der Waals surface area contributed by atoms with Crippen molar-refractivity contribution in [3.8, 4) is 0 Å². The summed E-state index contributed by atoms with van der Waals surface area (Å²) in [6.07, 6.45) is 4.47. The number of aliphatic hydroxyl groups excluding tert-OH is 1. The number of aromatic nitrogens is 2. The number of hydrogen-bond donors (Lipinski definition) is 1. The number of hydrogen-bond acceptors (Lipinski definition) is 4. The molecule has 0 aliphatic carbocycles. The first-order valence-electron chi connectivity index (χ1n) is 8.67. The largest absolute Gasteiger partial charge is 0.389 e. The van der Waals surface area contributed by atoms with E-state index in [0.29, 0.717) is 13.0 Å². The summed E-state index contributed by atoms with van der Waals surface area (Å²) in [6.45, 7) is 1.78. The minimum Gasteiger partial charge on any atom is -0.389 e. The number of carbonyl (C=O) groups is 1. The van der Waals surface area contributed by atoms with E-state index in [1.807, 2.05) is 42.9 Å². The fraction of sp³-hybridized carbons (Fsp3) is 0.474. The van der Waals surface area contributed by atoms with Crippen LogP contribution in [-0.4, -0.2) is 51.8 Å². The average molecular weight is 343 g/mol. The normalized spacial score (nSPS) is 17.8. The van der Waals surface area contributed by atoms with E-state index in [4.69, 9.17) is 4.74 Å². The molecule has 2 heterocycles. The lowest BCUT2D eigenvalue weighted by atomic mass is 9.95. The van der Waals surface area contributed by atoms with Crippen molar-refractivity contribution < 1.29 is 14.6 Å². The lowest BCUT2D eigenvalue weighted by Crippen LogP contribution is -2.41. The summed E-state index contributed by atoms with van der Waals surface area (Å²) in [7, 11) is 1.74. The SMILES string of the molecule is CN(CC(O)COCc1ccccc1)C(=O)C1CCn2cncc2C1. The molecule has 2 aromatic rings. The fourth-order valence-corrected chi connectivity index (χ4v) is 3.24. The number of rotatable bonds is 7. The summed E-state index contributed by atoms with van der Waals surface area (Å²) in [4.78, 5) is 18.4. The van der Waals surface area contributed by atoms with E-state index in [2.05, 4.69) is 9.55 Å². The van der Waals surface area contributed by atoms with Gasteiger partial charge in [-0.1, -0.05) is 30.3 Å². The van der Waals surface area contributed by atoms with Crippen molar-refractivity contribution in [2.45, 2.75) is 32.1 Å². The first kappa shape index (κ1) is 17.6. The second kappa shape index (κ2) is 8.27. The van der Waals surface area contributed by atoms with Gasteiger partial charge in [0.25, 0.3) is 0 Å². The molecular formula is C19H25N3O3. The Morgan fingerprint density at radius 2 is 2.24 bits per heavy atom. The van der Waals surface area contributed by atoms with E-state index in [1.165, 1.54) is 0 Å². The minimum absolute atomic E-state index is 0.0355. The number of carbonyl (C=O) groups excluding carboxylic acids is 1. The monoisotopic (exact) mass is 343 g/mol. The van der Waals surface area contributed by atoms with Crippen LogP contribution in [0.1, 0.15) is 17.7 Å². The molecule has 1 aromatic heterocycles. The van der Waals surface area contributed by atoms with Gasteiger partial charge in [0.05, 0.1) is 25.6 Å². The molecule has 1 N–H and O–H groups in total. The van der Waals surface area contributed by atoms with Crippen LogP contribution in [-0.2, 0) is 29.1 Å². The summed E-state index contributed by atoms with van der Waals surface area (Å²) in [6, 6.07) is 9.83. The highest BCUT2D eigenvalue weighted by Crippen LogP contribution is 2.21. The van der Waals surface area contributed by atoms with Gasteiger partial charge in [-0.2, -0.15) is 0 Å². The van der Waals surface area contributed by atoms with Crippen molar-refractivity contribution in [3.05, 3.63) is 54.1 Å². The minimum atomic E-state index is -0.688. The Hall–Kier alpha value is -2.18. The Morgan fingerprint density at radius 1 is 1.44 bits per heavy atom. The van der Waals surface area contributed by atoms with E-state index < -0.39 is 6.10 Å². The Balaban J connectivity index is 1.42. The fourth-order valence-electron chi connectivity index (χ4n) is 3.24. The Labute approximate surface area is 148 Å². The van der Waals surface area contributed by atoms with Crippen LogP contribution in [0.2, 0.25) is 0 Å². The smallest absolute Gasteiger partial charge is 0.225 e. The topological polar surface area (TPSA) is 67.6 Å². The zero-order chi connectivity index (χ0) is 17.6. The predicted molar refractivity (Wildman–Crippen MR) is 93.8 cm³/mol. The van der Waals surface area contributed by atoms with Crippen LogP contribution < -0.4 is 0 Å². The number of aliphatic hydroxyl groups is 1. The molecule has 1 amide bonds. The predicted octanol–water partition coefficient (Wildman–Crippen LogP) is 1.48. The zero-order valence-corrected chi connectivity index (χ0v) is 14.5. The summed E-state index contributed by atoms with van der Waals surface area (Å²) in [5, 5.41) is 10.1. The number of amides is 1. The zero-order valence-electron chi connectivity index (χ0n) is 14.5. The maximum atomic E-state index is 12.6. The number of likely N-dealkylation sites (N-methyl/N-ethyl adjacent to an activating group) is 1. The maximum Gasteiger partial charge on any atom is 0.225 e. The van der Waals surface area contributed by atoms with Gasteiger partial charge in [0.1, 0.15) is 0 Å². The van der Waals surface area contributed by atoms with Crippen LogP contribution in [0, 0.1) is 5.92 Å². The first-order chi connectivity index (χ1) is 12.1. The molecule has 0 spiro atoms. The van der Waals surface area contributed by atoms with Crippen molar-refractivity contribution >= 4 is 5.91 Å². The van der Waals surface area contributed by atoms with Crippen molar-refractivity contribution in [3.63, 3.8) is 0 Å². The second-order valence-corrected chi connectivity index (χ2v) is 6.64. The van der Waals surface area contributed by atoms with Gasteiger partial charge in [-0.3, -0.25) is 4.79 Å². The number of fused-ring (bicyclic) bond motifs is 1. The average Bonchev–Trinajstić information content (AvgIpc) is 3.09. The van der Waals surface area contributed by atoms with Crippen molar-refractivity contribution in [1.82, 2.24) is 14.5 Å². The van der Waals surface area contributed by atoms with Gasteiger partial charge in [-0.05, 0) is 12.0 Å². The number of imidazole rings is 1. The van der Waals surface area contributed by atoms with Gasteiger partial charge in [-0.15, -0.1) is 0 Å². The molecule has 0 saturated heterocycles. The Kier molecular flexibility index (Phi) is 5.83. The third kappa shape index (κ3) is 4.67. The highest BCUT2D eigenvalue weighted by molar-refractivity contribution is 5.79. The van der Waals surface area contributed by atoms with Crippen LogP contribution in [0.3, 0.4) is 0 Å². The number of ether oxygens (including phenoxy) is 1. The Morgan fingerprint density at radius 3 is 3.04 bits per heavy atom. The van der Waals surface area contributed by atoms with Crippen molar-refractivity contribution in [2.24, 2.45) is 5.92 Å². The molecule has 1 aliphatic heterocycles. The van der Waals surface area contributed by atoms with Gasteiger partial charge in [0, 0.05) is 44.4 Å². The summed E-state index contributed by atoms with van der Waals surface area (Å²) in [5.41, 5.74) is 2.17. The molecule has 2 unspecified atom stereocenters.